The average molecular weight is 84.1 g/mol. The van der Waals surface area contributed by atoms with E-state index in [9.17, 15) is 0 Å². The summed E-state index contributed by atoms with van der Waals surface area (Å²) in [5, 5.41) is 11.9. The molecule has 0 N–H and O–H groups in total. The molecule has 0 saturated heterocycles. The van der Waals surface area contributed by atoms with Crippen LogP contribution in [0.2, 0.25) is 0 Å². The largest absolute Gasteiger partial charge is 0.301 e. The van der Waals surface area contributed by atoms with Crippen molar-refractivity contribution < 1.29 is 0 Å². The van der Waals surface area contributed by atoms with Crippen LogP contribution in [-0.2, 0) is 0 Å². The van der Waals surface area contributed by atoms with Gasteiger partial charge in [0.25, 0.3) is 0 Å². The van der Waals surface area contributed by atoms with Gasteiger partial charge >= 0.3 is 6.34 Å². The van der Waals surface area contributed by atoms with Crippen molar-refractivity contribution in [2.75, 3.05) is 7.05 Å². The second kappa shape index (κ2) is 1.04. The van der Waals surface area contributed by atoms with Crippen molar-refractivity contribution in [1.82, 2.24) is 10.3 Å². The molecule has 31 valence electrons. The normalized spacial score (nSPS) is 17.2. The van der Waals surface area contributed by atoms with Gasteiger partial charge in [0.05, 0.1) is 12.1 Å². The molecule has 1 radical (unpaired) electrons. The minimum absolute atomic E-state index is 1.39. The SMILES string of the molecule is CN1N=CN=[N+]1. The summed E-state index contributed by atoms with van der Waals surface area (Å²) < 4.78 is 0. The highest BCUT2D eigenvalue weighted by Crippen LogP contribution is 1.78. The maximum Gasteiger partial charge on any atom is 0.301 e. The minimum Gasteiger partial charge on any atom is 0.0194 e. The molecule has 0 aromatic carbocycles. The minimum atomic E-state index is 1.39. The van der Waals surface area contributed by atoms with E-state index in [1.54, 1.807) is 7.05 Å². The van der Waals surface area contributed by atoms with Gasteiger partial charge in [-0.25, -0.2) is 0 Å². The lowest BCUT2D eigenvalue weighted by Crippen LogP contribution is -2.05. The van der Waals surface area contributed by atoms with Gasteiger partial charge in [-0.2, -0.15) is 0 Å². The van der Waals surface area contributed by atoms with E-state index in [-0.39, 0.29) is 0 Å². The van der Waals surface area contributed by atoms with Crippen LogP contribution in [0.3, 0.4) is 0 Å². The first-order chi connectivity index (χ1) is 2.89. The van der Waals surface area contributed by atoms with Crippen molar-refractivity contribution in [2.45, 2.75) is 0 Å². The Bertz CT molecular complexity index is 81.7. The molecule has 0 aliphatic carbocycles. The molecular formula is C2H4N4+. The van der Waals surface area contributed by atoms with Crippen LogP contribution in [0, 0.1) is 0 Å². The van der Waals surface area contributed by atoms with Crippen molar-refractivity contribution in [3.8, 4) is 0 Å². The van der Waals surface area contributed by atoms with Gasteiger partial charge < -0.3 is 0 Å². The maximum atomic E-state index is 3.61. The molecule has 4 heteroatoms. The zero-order valence-corrected chi connectivity index (χ0v) is 3.37. The third kappa shape index (κ3) is 0.357. The molecule has 0 atom stereocenters. The Labute approximate surface area is 35.1 Å². The van der Waals surface area contributed by atoms with Gasteiger partial charge in [-0.05, 0) is 0 Å². The quantitative estimate of drug-likeness (QED) is 0.393. The van der Waals surface area contributed by atoms with Crippen LogP contribution >= 0.6 is 0 Å². The molecule has 0 spiro atoms. The van der Waals surface area contributed by atoms with Gasteiger partial charge in [-0.1, -0.05) is 0 Å². The lowest BCUT2D eigenvalue weighted by molar-refractivity contribution is 0.318. The number of rotatable bonds is 0. The summed E-state index contributed by atoms with van der Waals surface area (Å²) in [5.74, 6) is 0. The first kappa shape index (κ1) is 3.27. The Morgan fingerprint density at radius 1 is 1.83 bits per heavy atom. The molecular weight excluding hydrogens is 80.1 g/mol. The van der Waals surface area contributed by atoms with E-state index in [1.807, 2.05) is 0 Å². The average Bonchev–Trinajstić information content (AvgIpc) is 1.86. The van der Waals surface area contributed by atoms with Gasteiger partial charge in [0.2, 0.25) is 0 Å². The standard InChI is InChI=1S/C2H4N4/c1-6-4-2-3-5-6/h2H,1H3/q+1. The summed E-state index contributed by atoms with van der Waals surface area (Å²) in [6.45, 7) is 0. The molecule has 1 rings (SSSR count). The Kier molecular flexibility index (Phi) is 0.567. The Hall–Kier alpha value is -0.930. The highest BCUT2D eigenvalue weighted by molar-refractivity contribution is 5.54. The molecule has 0 unspecified atom stereocenters. The molecule has 0 aromatic heterocycles. The van der Waals surface area contributed by atoms with E-state index in [0.29, 0.717) is 0 Å². The van der Waals surface area contributed by atoms with Crippen LogP contribution in [0.5, 0.6) is 0 Å². The van der Waals surface area contributed by atoms with Gasteiger partial charge in [0.1, 0.15) is 0 Å². The van der Waals surface area contributed by atoms with Gasteiger partial charge in [0.15, 0.2) is 5.22 Å². The predicted molar refractivity (Wildman–Crippen MR) is 20.8 cm³/mol. The first-order valence-electron chi connectivity index (χ1n) is 1.56. The topological polar surface area (TPSA) is 42.1 Å². The van der Waals surface area contributed by atoms with Crippen molar-refractivity contribution in [2.24, 2.45) is 10.2 Å². The van der Waals surface area contributed by atoms with Crippen LogP contribution in [0.25, 0.3) is 0 Å². The second-order valence-electron chi connectivity index (χ2n) is 0.925. The molecule has 1 aliphatic rings. The zero-order valence-electron chi connectivity index (χ0n) is 3.37. The Balaban J connectivity index is 2.60. The second-order valence-corrected chi connectivity index (χ2v) is 0.925. The highest BCUT2D eigenvalue weighted by Gasteiger charge is 2.04. The lowest BCUT2D eigenvalue weighted by Gasteiger charge is -1.72. The van der Waals surface area contributed by atoms with E-state index in [4.69, 9.17) is 0 Å². The summed E-state index contributed by atoms with van der Waals surface area (Å²) >= 11 is 0. The molecule has 1 aliphatic heterocycles. The van der Waals surface area contributed by atoms with Crippen LogP contribution < -0.4 is 5.22 Å². The van der Waals surface area contributed by atoms with Crippen molar-refractivity contribution in [1.29, 1.82) is 0 Å². The van der Waals surface area contributed by atoms with Gasteiger partial charge in [-0.3, -0.25) is 0 Å². The number of nitrogens with zero attached hydrogens (tertiary/aromatic N) is 4. The molecule has 0 fully saturated rings. The maximum absolute atomic E-state index is 3.61. The van der Waals surface area contributed by atoms with E-state index in [2.05, 4.69) is 15.4 Å². The molecule has 0 saturated carbocycles. The van der Waals surface area contributed by atoms with E-state index in [0.717, 1.165) is 0 Å². The molecule has 1 heterocycles. The summed E-state index contributed by atoms with van der Waals surface area (Å²) in [5.41, 5.74) is 0. The smallest absolute Gasteiger partial charge is 0.0194 e. The van der Waals surface area contributed by atoms with E-state index >= 15 is 0 Å². The van der Waals surface area contributed by atoms with Crippen molar-refractivity contribution in [3.63, 3.8) is 0 Å². The summed E-state index contributed by atoms with van der Waals surface area (Å²) in [6.07, 6.45) is 1.39. The van der Waals surface area contributed by atoms with Crippen LogP contribution in [0.1, 0.15) is 0 Å². The van der Waals surface area contributed by atoms with Crippen molar-refractivity contribution in [3.05, 3.63) is 0 Å². The molecule has 0 aromatic rings. The number of hydrogen-bond acceptors (Lipinski definition) is 4. The Morgan fingerprint density at radius 3 is 2.83 bits per heavy atom. The van der Waals surface area contributed by atoms with E-state index in [1.165, 1.54) is 11.5 Å². The molecule has 0 amide bonds. The van der Waals surface area contributed by atoms with Crippen LogP contribution in [0.15, 0.2) is 10.2 Å². The molecule has 6 heavy (non-hydrogen) atoms. The monoisotopic (exact) mass is 84.0 g/mol. The predicted octanol–water partition coefficient (Wildman–Crippen LogP) is -0.422. The lowest BCUT2D eigenvalue weighted by atomic mass is 11.3. The van der Waals surface area contributed by atoms with E-state index < -0.39 is 0 Å². The van der Waals surface area contributed by atoms with Gasteiger partial charge in [0, 0.05) is 10.2 Å². The summed E-state index contributed by atoms with van der Waals surface area (Å²) in [6, 6.07) is 0. The fourth-order valence-electron chi connectivity index (χ4n) is 0.219. The Morgan fingerprint density at radius 2 is 2.67 bits per heavy atom. The van der Waals surface area contributed by atoms with Crippen molar-refractivity contribution >= 4 is 6.34 Å². The summed E-state index contributed by atoms with van der Waals surface area (Å²) in [7, 11) is 1.72. The number of hydrazone groups is 1. The fraction of sp³-hybridized carbons (Fsp3) is 0.500. The van der Waals surface area contributed by atoms with Crippen LogP contribution in [-0.4, -0.2) is 18.5 Å². The molecule has 4 nitrogen and oxygen atoms in total. The molecule has 0 bridgehead atoms. The third-order valence-electron chi connectivity index (χ3n) is 0.451. The zero-order chi connectivity index (χ0) is 4.41. The van der Waals surface area contributed by atoms with Crippen LogP contribution in [0.4, 0.5) is 0 Å². The number of hydrogen-bond donors (Lipinski definition) is 0. The third-order valence-corrected chi connectivity index (χ3v) is 0.451. The summed E-state index contributed by atoms with van der Waals surface area (Å²) in [4.78, 5) is 0. The van der Waals surface area contributed by atoms with Gasteiger partial charge in [-0.15, -0.1) is 0 Å². The first-order valence-corrected chi connectivity index (χ1v) is 1.56. The fourth-order valence-corrected chi connectivity index (χ4v) is 0.219. The highest BCUT2D eigenvalue weighted by atomic mass is 15.7.